The molecule has 314 valence electrons. The molecule has 0 fully saturated rings. The number of halogens is 6. The van der Waals surface area contributed by atoms with E-state index in [1.54, 1.807) is 4.90 Å². The van der Waals surface area contributed by atoms with Gasteiger partial charge in [0.1, 0.15) is 0 Å². The summed E-state index contributed by atoms with van der Waals surface area (Å²) in [4.78, 5) is 4.05. The molecule has 9 rings (SSSR count). The van der Waals surface area contributed by atoms with Gasteiger partial charge in [-0.3, -0.25) is 0 Å². The van der Waals surface area contributed by atoms with Crippen LogP contribution in [0.1, 0.15) is 83.3 Å². The van der Waals surface area contributed by atoms with Crippen LogP contribution in [0.25, 0.3) is 22.3 Å². The average Bonchev–Trinajstić information content (AvgIpc) is 3.59. The maximum absolute atomic E-state index is 13.7. The largest absolute Gasteiger partial charge is 0.416 e. The number of anilines is 6. The van der Waals surface area contributed by atoms with Gasteiger partial charge in [0.25, 0.3) is 0 Å². The fourth-order valence-electron chi connectivity index (χ4n) is 9.96. The van der Waals surface area contributed by atoms with Crippen LogP contribution in [-0.2, 0) is 23.2 Å². The molecule has 0 aliphatic heterocycles. The Balaban J connectivity index is 1.18. The predicted molar refractivity (Wildman–Crippen MR) is 240 cm³/mol. The van der Waals surface area contributed by atoms with E-state index in [9.17, 15) is 26.3 Å². The Morgan fingerprint density at radius 1 is 0.371 bits per heavy atom. The van der Waals surface area contributed by atoms with Gasteiger partial charge in [0.2, 0.25) is 0 Å². The van der Waals surface area contributed by atoms with Gasteiger partial charge in [-0.2, -0.15) is 26.3 Å². The lowest BCUT2D eigenvalue weighted by Crippen LogP contribution is -2.24. The molecule has 0 spiro atoms. The zero-order chi connectivity index (χ0) is 44.3. The molecule has 0 atom stereocenters. The van der Waals surface area contributed by atoms with Gasteiger partial charge in [-0.1, -0.05) is 75.2 Å². The summed E-state index contributed by atoms with van der Waals surface area (Å²) in [7, 11) is 0. The summed E-state index contributed by atoms with van der Waals surface area (Å²) in [6, 6.07) is 39.8. The second-order valence-corrected chi connectivity index (χ2v) is 18.0. The van der Waals surface area contributed by atoms with Crippen molar-refractivity contribution in [2.75, 3.05) is 9.80 Å². The second kappa shape index (κ2) is 14.1. The standard InChI is InChI=1S/C54H46F6N2/c1-31-9-17-37(18-10-31)61(38-19-11-32(2)12-20-38)41-27-33(3)47-43-25-26-44-48-34(4)28-42(30-46(48)52(7,8)50(44)49(43)51(5,6)45(47)29-41)62(39-21-13-35(14-22-39)53(55,56)57)40-23-15-36(16-24-40)54(58,59)60/h9-30H,1-8H3. The number of aryl methyl sites for hydroxylation is 4. The van der Waals surface area contributed by atoms with E-state index in [4.69, 9.17) is 0 Å². The highest BCUT2D eigenvalue weighted by Crippen LogP contribution is 2.61. The topological polar surface area (TPSA) is 6.48 Å². The molecule has 62 heavy (non-hydrogen) atoms. The Hall–Kier alpha value is -6.28. The zero-order valence-electron chi connectivity index (χ0n) is 35.9. The van der Waals surface area contributed by atoms with Crippen molar-refractivity contribution in [2.45, 2.75) is 78.6 Å². The van der Waals surface area contributed by atoms with E-state index in [1.165, 1.54) is 68.8 Å². The molecule has 2 nitrogen and oxygen atoms in total. The van der Waals surface area contributed by atoms with Gasteiger partial charge in [0.05, 0.1) is 11.1 Å². The molecule has 7 aromatic carbocycles. The fourth-order valence-corrected chi connectivity index (χ4v) is 9.96. The highest BCUT2D eigenvalue weighted by Gasteiger charge is 2.47. The third kappa shape index (κ3) is 6.57. The number of hydrogen-bond donors (Lipinski definition) is 0. The van der Waals surface area contributed by atoms with Gasteiger partial charge in [0, 0.05) is 45.0 Å². The third-order valence-corrected chi connectivity index (χ3v) is 13.0. The van der Waals surface area contributed by atoms with Crippen molar-refractivity contribution in [3.05, 3.63) is 189 Å². The van der Waals surface area contributed by atoms with Crippen molar-refractivity contribution in [3.63, 3.8) is 0 Å². The summed E-state index contributed by atoms with van der Waals surface area (Å²) < 4.78 is 82.2. The van der Waals surface area contributed by atoms with Crippen molar-refractivity contribution in [3.8, 4) is 22.3 Å². The molecule has 0 aromatic heterocycles. The molecule has 0 bridgehead atoms. The number of rotatable bonds is 6. The molecular weight excluding hydrogens is 791 g/mol. The number of benzene rings is 7. The fraction of sp³-hybridized carbons (Fsp3) is 0.222. The molecule has 7 aromatic rings. The smallest absolute Gasteiger partial charge is 0.310 e. The van der Waals surface area contributed by atoms with E-state index < -0.39 is 34.3 Å². The quantitative estimate of drug-likeness (QED) is 0.154. The summed E-state index contributed by atoms with van der Waals surface area (Å²) in [5.74, 6) is 0. The summed E-state index contributed by atoms with van der Waals surface area (Å²) in [6.07, 6.45) is -9.10. The molecule has 2 aliphatic rings. The van der Waals surface area contributed by atoms with Gasteiger partial charge in [-0.05, 0) is 180 Å². The monoisotopic (exact) mass is 836 g/mol. The van der Waals surface area contributed by atoms with E-state index in [-0.39, 0.29) is 0 Å². The molecule has 0 N–H and O–H groups in total. The first-order valence-corrected chi connectivity index (χ1v) is 20.7. The van der Waals surface area contributed by atoms with Crippen LogP contribution in [0.3, 0.4) is 0 Å². The molecule has 0 radical (unpaired) electrons. The Kier molecular flexibility index (Phi) is 9.36. The average molecular weight is 837 g/mol. The molecule has 0 heterocycles. The van der Waals surface area contributed by atoms with Crippen molar-refractivity contribution in [2.24, 2.45) is 0 Å². The van der Waals surface area contributed by atoms with Crippen LogP contribution < -0.4 is 9.80 Å². The van der Waals surface area contributed by atoms with Gasteiger partial charge < -0.3 is 9.80 Å². The third-order valence-electron chi connectivity index (χ3n) is 13.0. The lowest BCUT2D eigenvalue weighted by atomic mass is 9.72. The summed E-state index contributed by atoms with van der Waals surface area (Å²) in [5.41, 5.74) is 15.9. The summed E-state index contributed by atoms with van der Waals surface area (Å²) >= 11 is 0. The van der Waals surface area contributed by atoms with Crippen LogP contribution >= 0.6 is 0 Å². The highest BCUT2D eigenvalue weighted by atomic mass is 19.4. The lowest BCUT2D eigenvalue weighted by molar-refractivity contribution is -0.138. The van der Waals surface area contributed by atoms with Gasteiger partial charge in [0.15, 0.2) is 0 Å². The molecule has 2 aliphatic carbocycles. The predicted octanol–water partition coefficient (Wildman–Crippen LogP) is 16.5. The Morgan fingerprint density at radius 3 is 0.952 bits per heavy atom. The van der Waals surface area contributed by atoms with Gasteiger partial charge in [-0.15, -0.1) is 0 Å². The molecular formula is C54H46F6N2. The van der Waals surface area contributed by atoms with Crippen LogP contribution in [0, 0.1) is 27.7 Å². The van der Waals surface area contributed by atoms with Crippen LogP contribution in [0.5, 0.6) is 0 Å². The minimum atomic E-state index is -4.55. The lowest BCUT2D eigenvalue weighted by Gasteiger charge is -2.32. The minimum absolute atomic E-state index is 0.388. The maximum atomic E-state index is 13.7. The van der Waals surface area contributed by atoms with E-state index in [0.717, 1.165) is 63.6 Å². The van der Waals surface area contributed by atoms with Crippen molar-refractivity contribution < 1.29 is 26.3 Å². The Labute approximate surface area is 359 Å². The number of nitrogens with zero attached hydrogens (tertiary/aromatic N) is 2. The molecule has 0 unspecified atom stereocenters. The van der Waals surface area contributed by atoms with E-state index >= 15 is 0 Å². The highest BCUT2D eigenvalue weighted by molar-refractivity contribution is 5.95. The second-order valence-electron chi connectivity index (χ2n) is 18.0. The first kappa shape index (κ1) is 41.1. The van der Waals surface area contributed by atoms with Crippen molar-refractivity contribution in [1.29, 1.82) is 0 Å². The number of fused-ring (bicyclic) bond motifs is 7. The Morgan fingerprint density at radius 2 is 0.661 bits per heavy atom. The zero-order valence-corrected chi connectivity index (χ0v) is 35.9. The SMILES string of the molecule is Cc1ccc(N(c2ccc(C)cc2)c2cc(C)c3c(c2)C(C)(C)c2c-3ccc3c2C(C)(C)c2cc(N(c4ccc(C(F)(F)F)cc4)c4ccc(C(F)(F)F)cc4)cc(C)c2-3)cc1. The number of alkyl halides is 6. The summed E-state index contributed by atoms with van der Waals surface area (Å²) in [6.45, 7) is 17.4. The Bertz CT molecular complexity index is 2780. The minimum Gasteiger partial charge on any atom is -0.310 e. The first-order valence-electron chi connectivity index (χ1n) is 20.7. The van der Waals surface area contributed by atoms with Gasteiger partial charge in [-0.25, -0.2) is 0 Å². The maximum Gasteiger partial charge on any atom is 0.416 e. The number of hydrogen-bond acceptors (Lipinski definition) is 2. The molecule has 0 saturated heterocycles. The molecule has 0 saturated carbocycles. The van der Waals surface area contributed by atoms with Crippen LogP contribution in [0.2, 0.25) is 0 Å². The van der Waals surface area contributed by atoms with Crippen LogP contribution in [-0.4, -0.2) is 0 Å². The van der Waals surface area contributed by atoms with Crippen molar-refractivity contribution in [1.82, 2.24) is 0 Å². The van der Waals surface area contributed by atoms with Crippen molar-refractivity contribution >= 4 is 34.1 Å². The normalized spacial score (nSPS) is 14.5. The van der Waals surface area contributed by atoms with E-state index in [1.807, 2.05) is 13.0 Å². The molecule has 0 amide bonds. The van der Waals surface area contributed by atoms with Crippen LogP contribution in [0.15, 0.2) is 133 Å². The van der Waals surface area contributed by atoms with Crippen LogP contribution in [0.4, 0.5) is 60.5 Å². The van der Waals surface area contributed by atoms with E-state index in [2.05, 4.69) is 132 Å². The molecule has 8 heteroatoms. The van der Waals surface area contributed by atoms with Gasteiger partial charge >= 0.3 is 12.4 Å². The summed E-state index contributed by atoms with van der Waals surface area (Å²) in [5, 5.41) is 0. The first-order chi connectivity index (χ1) is 29.2. The van der Waals surface area contributed by atoms with E-state index in [0.29, 0.717) is 17.1 Å².